The van der Waals surface area contributed by atoms with E-state index in [9.17, 15) is 4.79 Å². The first kappa shape index (κ1) is 14.8. The molecule has 0 saturated heterocycles. The SMILES string of the molecule is CCCn1cc(Br)cc1C(=O)N(C)Cc1n[nH]c(C)n1. The Labute approximate surface area is 126 Å². The lowest BCUT2D eigenvalue weighted by atomic mass is 10.3. The molecule has 2 aromatic rings. The van der Waals surface area contributed by atoms with E-state index in [1.165, 1.54) is 0 Å². The van der Waals surface area contributed by atoms with Crippen LogP contribution in [0, 0.1) is 6.92 Å². The first-order valence-electron chi connectivity index (χ1n) is 6.50. The van der Waals surface area contributed by atoms with Crippen LogP contribution in [0.4, 0.5) is 0 Å². The average molecular weight is 340 g/mol. The number of hydrogen-bond acceptors (Lipinski definition) is 3. The van der Waals surface area contributed by atoms with Gasteiger partial charge in [0.2, 0.25) is 0 Å². The Morgan fingerprint density at radius 2 is 2.30 bits per heavy atom. The van der Waals surface area contributed by atoms with Gasteiger partial charge >= 0.3 is 0 Å². The number of aryl methyl sites for hydroxylation is 2. The third kappa shape index (κ3) is 3.27. The van der Waals surface area contributed by atoms with Gasteiger partial charge in [0.1, 0.15) is 11.5 Å². The maximum Gasteiger partial charge on any atom is 0.270 e. The molecule has 6 nitrogen and oxygen atoms in total. The topological polar surface area (TPSA) is 66.8 Å². The average Bonchev–Trinajstić information content (AvgIpc) is 2.95. The lowest BCUT2D eigenvalue weighted by Crippen LogP contribution is -2.28. The number of halogens is 1. The second kappa shape index (κ2) is 6.21. The number of nitrogens with zero attached hydrogens (tertiary/aromatic N) is 4. The van der Waals surface area contributed by atoms with Crippen LogP contribution in [0.5, 0.6) is 0 Å². The molecule has 0 bridgehead atoms. The molecule has 1 N–H and O–H groups in total. The standard InChI is InChI=1S/C13H18BrN5O/c1-4-5-19-7-10(14)6-11(19)13(20)18(3)8-12-15-9(2)16-17-12/h6-7H,4-5,8H2,1-3H3,(H,15,16,17). The monoisotopic (exact) mass is 339 g/mol. The Balaban J connectivity index is 2.13. The van der Waals surface area contributed by atoms with Gasteiger partial charge in [0.15, 0.2) is 5.82 Å². The van der Waals surface area contributed by atoms with Crippen LogP contribution >= 0.6 is 15.9 Å². The number of H-pyrrole nitrogens is 1. The minimum atomic E-state index is -0.0356. The van der Waals surface area contributed by atoms with Crippen molar-refractivity contribution in [3.63, 3.8) is 0 Å². The lowest BCUT2D eigenvalue weighted by molar-refractivity contribution is 0.0770. The Hall–Kier alpha value is -1.63. The molecule has 0 fully saturated rings. The zero-order valence-corrected chi connectivity index (χ0v) is 13.4. The number of aromatic amines is 1. The van der Waals surface area contributed by atoms with Gasteiger partial charge in [-0.25, -0.2) is 4.98 Å². The third-order valence-corrected chi connectivity index (χ3v) is 3.35. The molecule has 0 aliphatic rings. The van der Waals surface area contributed by atoms with Crippen molar-refractivity contribution in [2.45, 2.75) is 33.4 Å². The van der Waals surface area contributed by atoms with E-state index in [0.29, 0.717) is 18.1 Å². The highest BCUT2D eigenvalue weighted by atomic mass is 79.9. The van der Waals surface area contributed by atoms with Gasteiger partial charge in [-0.05, 0) is 35.3 Å². The molecule has 0 aliphatic heterocycles. The molecule has 20 heavy (non-hydrogen) atoms. The Bertz CT molecular complexity index is 604. The third-order valence-electron chi connectivity index (χ3n) is 2.92. The Morgan fingerprint density at radius 3 is 2.90 bits per heavy atom. The molecule has 0 spiro atoms. The van der Waals surface area contributed by atoms with Crippen LogP contribution in [0.3, 0.4) is 0 Å². The van der Waals surface area contributed by atoms with Crippen molar-refractivity contribution in [2.75, 3.05) is 7.05 Å². The predicted molar refractivity (Wildman–Crippen MR) is 79.3 cm³/mol. The van der Waals surface area contributed by atoms with E-state index in [0.717, 1.165) is 23.3 Å². The number of carbonyl (C=O) groups excluding carboxylic acids is 1. The number of rotatable bonds is 5. The van der Waals surface area contributed by atoms with Gasteiger partial charge in [0.25, 0.3) is 5.91 Å². The van der Waals surface area contributed by atoms with Crippen molar-refractivity contribution in [3.05, 3.63) is 34.1 Å². The largest absolute Gasteiger partial charge is 0.342 e. The molecule has 0 aromatic carbocycles. The second-order valence-electron chi connectivity index (χ2n) is 4.74. The van der Waals surface area contributed by atoms with E-state index in [4.69, 9.17) is 0 Å². The molecular weight excluding hydrogens is 322 g/mol. The van der Waals surface area contributed by atoms with Gasteiger partial charge in [-0.1, -0.05) is 6.92 Å². The summed E-state index contributed by atoms with van der Waals surface area (Å²) in [5.74, 6) is 1.33. The number of nitrogens with one attached hydrogen (secondary N) is 1. The minimum absolute atomic E-state index is 0.0356. The van der Waals surface area contributed by atoms with E-state index in [1.54, 1.807) is 11.9 Å². The fourth-order valence-electron chi connectivity index (χ4n) is 2.02. The molecule has 1 amide bonds. The highest BCUT2D eigenvalue weighted by Gasteiger charge is 2.18. The highest BCUT2D eigenvalue weighted by molar-refractivity contribution is 9.10. The molecule has 0 aliphatic carbocycles. The molecule has 2 aromatic heterocycles. The zero-order chi connectivity index (χ0) is 14.7. The number of carbonyl (C=O) groups is 1. The van der Waals surface area contributed by atoms with Crippen LogP contribution in [0.2, 0.25) is 0 Å². The second-order valence-corrected chi connectivity index (χ2v) is 5.65. The summed E-state index contributed by atoms with van der Waals surface area (Å²) in [6.45, 7) is 5.13. The fourth-order valence-corrected chi connectivity index (χ4v) is 2.48. The summed E-state index contributed by atoms with van der Waals surface area (Å²) in [7, 11) is 1.76. The normalized spacial score (nSPS) is 10.8. The maximum absolute atomic E-state index is 12.5. The van der Waals surface area contributed by atoms with Gasteiger partial charge in [-0.3, -0.25) is 9.89 Å². The van der Waals surface area contributed by atoms with Crippen molar-refractivity contribution in [2.24, 2.45) is 0 Å². The van der Waals surface area contributed by atoms with E-state index < -0.39 is 0 Å². The van der Waals surface area contributed by atoms with Crippen molar-refractivity contribution in [1.82, 2.24) is 24.6 Å². The molecular formula is C13H18BrN5O. The van der Waals surface area contributed by atoms with Crippen molar-refractivity contribution < 1.29 is 4.79 Å². The van der Waals surface area contributed by atoms with E-state index in [-0.39, 0.29) is 5.91 Å². The van der Waals surface area contributed by atoms with Gasteiger partial charge in [-0.2, -0.15) is 5.10 Å². The molecule has 0 atom stereocenters. The van der Waals surface area contributed by atoms with Crippen molar-refractivity contribution in [1.29, 1.82) is 0 Å². The summed E-state index contributed by atoms with van der Waals surface area (Å²) in [6.07, 6.45) is 2.91. The molecule has 108 valence electrons. The van der Waals surface area contributed by atoms with E-state index >= 15 is 0 Å². The summed E-state index contributed by atoms with van der Waals surface area (Å²) in [5.41, 5.74) is 0.675. The van der Waals surface area contributed by atoms with Crippen molar-refractivity contribution >= 4 is 21.8 Å². The summed E-state index contributed by atoms with van der Waals surface area (Å²) >= 11 is 3.42. The smallest absolute Gasteiger partial charge is 0.270 e. The predicted octanol–water partition coefficient (Wildman–Crippen LogP) is 2.36. The van der Waals surface area contributed by atoms with Crippen LogP contribution < -0.4 is 0 Å². The van der Waals surface area contributed by atoms with E-state index in [2.05, 4.69) is 38.0 Å². The van der Waals surface area contributed by atoms with Crippen LogP contribution in [-0.4, -0.2) is 37.6 Å². The minimum Gasteiger partial charge on any atom is -0.342 e. The quantitative estimate of drug-likeness (QED) is 0.909. The van der Waals surface area contributed by atoms with Gasteiger partial charge in [0, 0.05) is 24.3 Å². The lowest BCUT2D eigenvalue weighted by Gasteiger charge is -2.16. The first-order chi connectivity index (χ1) is 9.51. The first-order valence-corrected chi connectivity index (χ1v) is 7.29. The highest BCUT2D eigenvalue weighted by Crippen LogP contribution is 2.17. The van der Waals surface area contributed by atoms with Crippen molar-refractivity contribution in [3.8, 4) is 0 Å². The summed E-state index contributed by atoms with van der Waals surface area (Å²) in [5, 5.41) is 6.83. The fraction of sp³-hybridized carbons (Fsp3) is 0.462. The molecule has 2 heterocycles. The number of aromatic nitrogens is 4. The molecule has 0 unspecified atom stereocenters. The Kier molecular flexibility index (Phi) is 4.59. The van der Waals surface area contributed by atoms with Gasteiger partial charge < -0.3 is 9.47 Å². The molecule has 0 radical (unpaired) electrons. The number of hydrogen-bond donors (Lipinski definition) is 1. The molecule has 7 heteroatoms. The summed E-state index contributed by atoms with van der Waals surface area (Å²) in [4.78, 5) is 18.3. The Morgan fingerprint density at radius 1 is 1.55 bits per heavy atom. The summed E-state index contributed by atoms with van der Waals surface area (Å²) in [6, 6.07) is 1.84. The van der Waals surface area contributed by atoms with Gasteiger partial charge in [0.05, 0.1) is 6.54 Å². The van der Waals surface area contributed by atoms with E-state index in [1.807, 2.05) is 23.8 Å². The van der Waals surface area contributed by atoms with Crippen LogP contribution in [0.15, 0.2) is 16.7 Å². The van der Waals surface area contributed by atoms with Gasteiger partial charge in [-0.15, -0.1) is 0 Å². The van der Waals surface area contributed by atoms with Crippen LogP contribution in [0.25, 0.3) is 0 Å². The summed E-state index contributed by atoms with van der Waals surface area (Å²) < 4.78 is 2.88. The molecule has 2 rings (SSSR count). The van der Waals surface area contributed by atoms with Crippen LogP contribution in [-0.2, 0) is 13.1 Å². The zero-order valence-electron chi connectivity index (χ0n) is 11.9. The maximum atomic E-state index is 12.5. The van der Waals surface area contributed by atoms with Crippen LogP contribution in [0.1, 0.15) is 35.5 Å². The molecule has 0 saturated carbocycles. The number of amides is 1.